The fraction of sp³-hybridized carbons (Fsp3) is 0.422. The van der Waals surface area contributed by atoms with Gasteiger partial charge in [-0.15, -0.1) is 0 Å². The van der Waals surface area contributed by atoms with Crippen LogP contribution in [0.5, 0.6) is 17.2 Å². The van der Waals surface area contributed by atoms with Crippen molar-refractivity contribution in [1.29, 1.82) is 0 Å². The van der Waals surface area contributed by atoms with Gasteiger partial charge in [-0.05, 0) is 93.7 Å². The molecule has 2 aliphatic rings. The molecule has 0 spiro atoms. The zero-order valence-corrected chi connectivity index (χ0v) is 33.1. The van der Waals surface area contributed by atoms with Gasteiger partial charge in [0.1, 0.15) is 12.4 Å². The Hall–Kier alpha value is -5.46. The third kappa shape index (κ3) is 8.92. The Morgan fingerprint density at radius 2 is 1.67 bits per heavy atom. The lowest BCUT2D eigenvalue weighted by Gasteiger charge is -2.36. The molecule has 0 saturated carbocycles. The number of ketones is 1. The van der Waals surface area contributed by atoms with Crippen molar-refractivity contribution in [2.45, 2.75) is 64.0 Å². The highest BCUT2D eigenvalue weighted by Gasteiger charge is 2.42. The van der Waals surface area contributed by atoms with Crippen LogP contribution in [0.2, 0.25) is 0 Å². The largest absolute Gasteiger partial charge is 0.493 e. The standard InChI is InChI=1S/C45H52N4O8/c1-4-11-40(50)57-39-29-33(28-38(53-2)42(39)54-3)44(52)48-24-20-45(31-48,34-12-6-5-7-13-34)19-23-47-21-17-32(18-22-47)41(51)43-46-36-15-8-9-16-37(36)49(43)25-27-55-30-35-14-10-26-56-35/h5-10,12-16,26,28-29,32H,4,11,17-25,27,30-31H2,1-3H3. The minimum atomic E-state index is -0.400. The van der Waals surface area contributed by atoms with E-state index in [9.17, 15) is 14.4 Å². The number of esters is 1. The number of benzene rings is 3. The Bertz CT molecular complexity index is 2140. The summed E-state index contributed by atoms with van der Waals surface area (Å²) < 4.78 is 30.0. The number of para-hydroxylation sites is 2. The van der Waals surface area contributed by atoms with E-state index in [1.54, 1.807) is 18.4 Å². The number of piperidine rings is 1. The maximum Gasteiger partial charge on any atom is 0.311 e. The summed E-state index contributed by atoms with van der Waals surface area (Å²) in [5.41, 5.74) is 3.07. The first kappa shape index (κ1) is 39.8. The first-order chi connectivity index (χ1) is 27.8. The van der Waals surface area contributed by atoms with E-state index in [1.807, 2.05) is 58.9 Å². The number of methoxy groups -OCH3 is 2. The van der Waals surface area contributed by atoms with Gasteiger partial charge in [-0.2, -0.15) is 0 Å². The number of imidazole rings is 1. The molecule has 3 aromatic carbocycles. The van der Waals surface area contributed by atoms with Crippen LogP contribution in [0.4, 0.5) is 0 Å². The van der Waals surface area contributed by atoms with Crippen LogP contribution in [-0.2, 0) is 28.1 Å². The average molecular weight is 777 g/mol. The number of nitrogens with zero attached hydrogens (tertiary/aromatic N) is 4. The molecule has 2 aromatic heterocycles. The second-order valence-electron chi connectivity index (χ2n) is 15.0. The fourth-order valence-electron chi connectivity index (χ4n) is 8.30. The Morgan fingerprint density at radius 3 is 2.40 bits per heavy atom. The second-order valence-corrected chi connectivity index (χ2v) is 15.0. The molecule has 0 radical (unpaired) electrons. The van der Waals surface area contributed by atoms with Gasteiger partial charge in [-0.25, -0.2) is 4.98 Å². The first-order valence-corrected chi connectivity index (χ1v) is 20.0. The monoisotopic (exact) mass is 776 g/mol. The molecule has 0 aliphatic carbocycles. The number of ether oxygens (including phenoxy) is 4. The lowest BCUT2D eigenvalue weighted by Crippen LogP contribution is -2.41. The SMILES string of the molecule is CCCC(=O)Oc1cc(C(=O)N2CCC(CCN3CCC(C(=O)c4nc5ccccc5n4CCOCc4ccco4)CC3)(c3ccccc3)C2)cc(OC)c1OC. The van der Waals surface area contributed by atoms with Gasteiger partial charge in [-0.3, -0.25) is 14.4 Å². The highest BCUT2D eigenvalue weighted by Crippen LogP contribution is 2.42. The van der Waals surface area contributed by atoms with Gasteiger partial charge < -0.3 is 37.7 Å². The van der Waals surface area contributed by atoms with Gasteiger partial charge in [0.15, 0.2) is 17.3 Å². The molecule has 2 fully saturated rings. The van der Waals surface area contributed by atoms with Crippen LogP contribution in [0.25, 0.3) is 11.0 Å². The van der Waals surface area contributed by atoms with E-state index < -0.39 is 5.97 Å². The van der Waals surface area contributed by atoms with Crippen molar-refractivity contribution in [3.63, 3.8) is 0 Å². The number of likely N-dealkylation sites (tertiary alicyclic amines) is 2. The summed E-state index contributed by atoms with van der Waals surface area (Å²) >= 11 is 0. The molecule has 7 rings (SSSR count). The Morgan fingerprint density at radius 1 is 0.895 bits per heavy atom. The molecule has 0 bridgehead atoms. The van der Waals surface area contributed by atoms with Gasteiger partial charge in [0, 0.05) is 43.0 Å². The number of carbonyl (C=O) groups is 3. The van der Waals surface area contributed by atoms with Crippen molar-refractivity contribution >= 4 is 28.7 Å². The quantitative estimate of drug-likeness (QED) is 0.0410. The van der Waals surface area contributed by atoms with E-state index in [0.717, 1.165) is 62.1 Å². The van der Waals surface area contributed by atoms with E-state index in [-0.39, 0.29) is 40.9 Å². The maximum absolute atomic E-state index is 14.2. The average Bonchev–Trinajstić information content (AvgIpc) is 4.02. The molecule has 1 unspecified atom stereocenters. The van der Waals surface area contributed by atoms with Gasteiger partial charge in [0.2, 0.25) is 11.5 Å². The van der Waals surface area contributed by atoms with Crippen LogP contribution < -0.4 is 14.2 Å². The van der Waals surface area contributed by atoms with Gasteiger partial charge in [0.05, 0.1) is 38.1 Å². The van der Waals surface area contributed by atoms with E-state index in [1.165, 1.54) is 19.8 Å². The molecule has 1 atom stereocenters. The Kier molecular flexibility index (Phi) is 12.7. The van der Waals surface area contributed by atoms with Crippen molar-refractivity contribution in [2.75, 3.05) is 53.6 Å². The smallest absolute Gasteiger partial charge is 0.311 e. The molecular weight excluding hydrogens is 725 g/mol. The van der Waals surface area contributed by atoms with Crippen molar-refractivity contribution in [1.82, 2.24) is 19.4 Å². The van der Waals surface area contributed by atoms with E-state index in [4.69, 9.17) is 28.3 Å². The molecule has 2 saturated heterocycles. The van der Waals surface area contributed by atoms with Crippen molar-refractivity contribution in [3.05, 3.63) is 108 Å². The number of rotatable bonds is 17. The van der Waals surface area contributed by atoms with Crippen LogP contribution in [0.1, 0.15) is 77.7 Å². The number of aromatic nitrogens is 2. The van der Waals surface area contributed by atoms with Crippen molar-refractivity contribution in [3.8, 4) is 17.2 Å². The fourth-order valence-corrected chi connectivity index (χ4v) is 8.30. The minimum Gasteiger partial charge on any atom is -0.493 e. The van der Waals surface area contributed by atoms with Crippen LogP contribution >= 0.6 is 0 Å². The van der Waals surface area contributed by atoms with Gasteiger partial charge in [0.25, 0.3) is 5.91 Å². The summed E-state index contributed by atoms with van der Waals surface area (Å²) in [6.45, 7) is 6.80. The summed E-state index contributed by atoms with van der Waals surface area (Å²) in [6, 6.07) is 25.3. The summed E-state index contributed by atoms with van der Waals surface area (Å²) in [7, 11) is 2.98. The zero-order valence-electron chi connectivity index (χ0n) is 33.1. The number of amides is 1. The van der Waals surface area contributed by atoms with Gasteiger partial charge in [-0.1, -0.05) is 49.4 Å². The molecule has 4 heterocycles. The third-order valence-corrected chi connectivity index (χ3v) is 11.4. The number of furan rings is 1. The lowest BCUT2D eigenvalue weighted by atomic mass is 9.76. The molecule has 12 heteroatoms. The highest BCUT2D eigenvalue weighted by molar-refractivity contribution is 5.98. The number of fused-ring (bicyclic) bond motifs is 1. The van der Waals surface area contributed by atoms with Crippen molar-refractivity contribution < 1.29 is 37.7 Å². The molecule has 5 aromatic rings. The summed E-state index contributed by atoms with van der Waals surface area (Å²) in [5, 5.41) is 0. The molecule has 300 valence electrons. The van der Waals surface area contributed by atoms with Crippen LogP contribution in [0, 0.1) is 5.92 Å². The zero-order chi connectivity index (χ0) is 39.8. The number of carbonyl (C=O) groups excluding carboxylic acids is 3. The minimum absolute atomic E-state index is 0.0843. The van der Waals surface area contributed by atoms with Crippen LogP contribution in [0.3, 0.4) is 0 Å². The molecule has 1 amide bonds. The number of Topliss-reactive ketones (excluding diaryl/α,β-unsaturated/α-hetero) is 1. The topological polar surface area (TPSA) is 126 Å². The van der Waals surface area contributed by atoms with E-state index in [2.05, 4.69) is 29.2 Å². The number of hydrogen-bond donors (Lipinski definition) is 0. The van der Waals surface area contributed by atoms with Crippen molar-refractivity contribution in [2.24, 2.45) is 5.92 Å². The predicted molar refractivity (Wildman–Crippen MR) is 215 cm³/mol. The Balaban J connectivity index is 1.00. The summed E-state index contributed by atoms with van der Waals surface area (Å²) in [4.78, 5) is 49.8. The van der Waals surface area contributed by atoms with E-state index >= 15 is 0 Å². The molecule has 2 aliphatic heterocycles. The lowest BCUT2D eigenvalue weighted by molar-refractivity contribution is -0.134. The maximum atomic E-state index is 14.2. The molecular formula is C45H52N4O8. The van der Waals surface area contributed by atoms with E-state index in [0.29, 0.717) is 56.4 Å². The Labute approximate surface area is 333 Å². The van der Waals surface area contributed by atoms with Crippen LogP contribution in [0.15, 0.2) is 89.5 Å². The second kappa shape index (κ2) is 18.2. The summed E-state index contributed by atoms with van der Waals surface area (Å²) in [5.74, 6) is 1.44. The first-order valence-electron chi connectivity index (χ1n) is 20.0. The van der Waals surface area contributed by atoms with Gasteiger partial charge >= 0.3 is 5.97 Å². The molecule has 0 N–H and O–H groups in total. The normalized spacial score (nSPS) is 17.6. The molecule has 57 heavy (non-hydrogen) atoms. The summed E-state index contributed by atoms with van der Waals surface area (Å²) in [6.07, 6.45) is 5.69. The molecule has 12 nitrogen and oxygen atoms in total. The van der Waals surface area contributed by atoms with Crippen LogP contribution in [-0.4, -0.2) is 90.6 Å². The number of hydrogen-bond acceptors (Lipinski definition) is 10. The highest BCUT2D eigenvalue weighted by atomic mass is 16.6. The predicted octanol–water partition coefficient (Wildman–Crippen LogP) is 7.34. The third-order valence-electron chi connectivity index (χ3n) is 11.4.